The number of imidazole rings is 2. The fraction of sp³-hybridized carbons (Fsp3) is 0.500. The number of likely N-dealkylation sites (tertiary alicyclic amines) is 1. The van der Waals surface area contributed by atoms with Crippen LogP contribution in [-0.4, -0.2) is 115 Å². The number of morpholine rings is 1. The number of aromatic nitrogens is 5. The van der Waals surface area contributed by atoms with E-state index in [-0.39, 0.29) is 28.9 Å². The van der Waals surface area contributed by atoms with Gasteiger partial charge in [-0.05, 0) is 30.2 Å². The predicted molar refractivity (Wildman–Crippen MR) is 171 cm³/mol. The van der Waals surface area contributed by atoms with E-state index in [0.29, 0.717) is 85.6 Å². The average Bonchev–Trinajstić information content (AvgIpc) is 3.62. The van der Waals surface area contributed by atoms with E-state index in [1.807, 2.05) is 4.90 Å². The molecule has 7 rings (SSSR count). The molecule has 3 fully saturated rings. The van der Waals surface area contributed by atoms with Crippen LogP contribution in [-0.2, 0) is 43.9 Å². The Balaban J connectivity index is 1.37. The molecular weight excluding hydrogens is 674 g/mol. The summed E-state index contributed by atoms with van der Waals surface area (Å²) in [6, 6.07) is 5.90. The van der Waals surface area contributed by atoms with Crippen LogP contribution in [0.15, 0.2) is 36.8 Å². The summed E-state index contributed by atoms with van der Waals surface area (Å²) in [5.41, 5.74) is 1.92. The molecule has 0 aliphatic carbocycles. The van der Waals surface area contributed by atoms with E-state index in [0.717, 1.165) is 14.3 Å². The molecule has 0 radical (unpaired) electrons. The van der Waals surface area contributed by atoms with E-state index in [1.54, 1.807) is 16.6 Å². The topological polar surface area (TPSA) is 135 Å². The van der Waals surface area contributed by atoms with Crippen LogP contribution in [0.1, 0.15) is 28.1 Å². The van der Waals surface area contributed by atoms with Crippen LogP contribution in [0.3, 0.4) is 0 Å². The summed E-state index contributed by atoms with van der Waals surface area (Å²) in [7, 11) is -4.05. The Labute approximate surface area is 276 Å². The molecule has 0 atom stereocenters. The van der Waals surface area contributed by atoms with Crippen molar-refractivity contribution in [1.82, 2.24) is 32.8 Å². The van der Waals surface area contributed by atoms with Gasteiger partial charge in [0.25, 0.3) is 0 Å². The van der Waals surface area contributed by atoms with E-state index in [9.17, 15) is 30.0 Å². The third-order valence-electron chi connectivity index (χ3n) is 9.30. The zero-order valence-corrected chi connectivity index (χ0v) is 28.2. The van der Waals surface area contributed by atoms with Gasteiger partial charge in [0.15, 0.2) is 21.3 Å². The van der Waals surface area contributed by atoms with Crippen LogP contribution in [0, 0.1) is 12.3 Å². The van der Waals surface area contributed by atoms with Crippen molar-refractivity contribution >= 4 is 31.5 Å². The van der Waals surface area contributed by atoms with E-state index >= 15 is 0 Å². The maximum absolute atomic E-state index is 13.9. The minimum absolute atomic E-state index is 0.0854. The van der Waals surface area contributed by atoms with E-state index in [4.69, 9.17) is 14.8 Å². The second-order valence-electron chi connectivity index (χ2n) is 13.1. The molecule has 3 aliphatic rings. The fourth-order valence-corrected chi connectivity index (χ4v) is 9.88. The van der Waals surface area contributed by atoms with Crippen LogP contribution in [0.25, 0.3) is 16.9 Å². The lowest BCUT2D eigenvalue weighted by Crippen LogP contribution is -2.67. The van der Waals surface area contributed by atoms with Gasteiger partial charge in [0, 0.05) is 64.9 Å². The second-order valence-corrected chi connectivity index (χ2v) is 17.2. The van der Waals surface area contributed by atoms with Crippen molar-refractivity contribution in [3.05, 3.63) is 64.9 Å². The van der Waals surface area contributed by atoms with Gasteiger partial charge in [0.2, 0.25) is 0 Å². The minimum Gasteiger partial charge on any atom is -0.378 e. The molecule has 0 unspecified atom stereocenters. The van der Waals surface area contributed by atoms with Gasteiger partial charge in [-0.2, -0.15) is 25.9 Å². The summed E-state index contributed by atoms with van der Waals surface area (Å²) in [6.45, 7) is 4.95. The zero-order valence-electron chi connectivity index (χ0n) is 26.6. The van der Waals surface area contributed by atoms with Crippen LogP contribution in [0.5, 0.6) is 0 Å². The number of rotatable bonds is 8. The van der Waals surface area contributed by atoms with Gasteiger partial charge in [-0.25, -0.2) is 26.9 Å². The number of nitrogens with zero attached hydrogens (tertiary/aromatic N) is 8. The van der Waals surface area contributed by atoms with Gasteiger partial charge in [0.05, 0.1) is 52.9 Å². The summed E-state index contributed by atoms with van der Waals surface area (Å²) in [5, 5.41) is 4.96. The first-order chi connectivity index (χ1) is 22.6. The minimum atomic E-state index is -4.53. The molecule has 0 amide bonds. The molecule has 3 saturated heterocycles. The summed E-state index contributed by atoms with van der Waals surface area (Å²) in [6.07, 6.45) is -1.84. The lowest BCUT2D eigenvalue weighted by atomic mass is 9.83. The van der Waals surface area contributed by atoms with Gasteiger partial charge in [-0.1, -0.05) is 12.1 Å². The van der Waals surface area contributed by atoms with Crippen molar-refractivity contribution in [2.24, 2.45) is 5.41 Å². The normalized spacial score (nSPS) is 19.6. The highest BCUT2D eigenvalue weighted by Gasteiger charge is 2.55. The standard InChI is InChI=1S/C30H35F3N8O5S2/c1-20-21(5-4-6-23(20)30(31,32)33)11-26-25(13-38-15-29(16-38)17-47(42,43)18-29)35-28-22(24-14-40(19-34-24)48(44,45)37(2)3)12-27(36-41(26)28)39-7-9-46-10-8-39/h4-6,12,14,19H,7-11,13,15-18H2,1-3H3. The number of anilines is 1. The Morgan fingerprint density at radius 1 is 1.10 bits per heavy atom. The molecule has 1 aromatic carbocycles. The Bertz CT molecular complexity index is 2100. The van der Waals surface area contributed by atoms with Gasteiger partial charge >= 0.3 is 16.4 Å². The Kier molecular flexibility index (Phi) is 7.89. The number of halogens is 3. The van der Waals surface area contributed by atoms with Crippen LogP contribution in [0.2, 0.25) is 0 Å². The molecule has 1 spiro atoms. The maximum atomic E-state index is 13.9. The lowest BCUT2D eigenvalue weighted by Gasteiger charge is -2.54. The molecule has 4 aromatic rings. The molecule has 6 heterocycles. The molecule has 3 aliphatic heterocycles. The highest BCUT2D eigenvalue weighted by Crippen LogP contribution is 2.42. The van der Waals surface area contributed by atoms with E-state index in [2.05, 4.69) is 9.88 Å². The molecule has 48 heavy (non-hydrogen) atoms. The van der Waals surface area contributed by atoms with Gasteiger partial charge in [-0.15, -0.1) is 5.10 Å². The third kappa shape index (κ3) is 5.86. The van der Waals surface area contributed by atoms with Crippen molar-refractivity contribution in [2.45, 2.75) is 26.1 Å². The highest BCUT2D eigenvalue weighted by atomic mass is 32.2. The predicted octanol–water partition coefficient (Wildman–Crippen LogP) is 2.23. The first-order valence-electron chi connectivity index (χ1n) is 15.4. The molecule has 3 aromatic heterocycles. The highest BCUT2D eigenvalue weighted by molar-refractivity contribution is 7.92. The summed E-state index contributed by atoms with van der Waals surface area (Å²) >= 11 is 0. The first kappa shape index (κ1) is 32.9. The van der Waals surface area contributed by atoms with E-state index in [1.165, 1.54) is 39.6 Å². The Morgan fingerprint density at radius 3 is 2.46 bits per heavy atom. The Morgan fingerprint density at radius 2 is 1.81 bits per heavy atom. The third-order valence-corrected chi connectivity index (χ3v) is 13.1. The molecule has 0 N–H and O–H groups in total. The van der Waals surface area contributed by atoms with E-state index < -0.39 is 31.8 Å². The van der Waals surface area contributed by atoms with Crippen LogP contribution < -0.4 is 4.90 Å². The summed E-state index contributed by atoms with van der Waals surface area (Å²) in [5.74, 6) is 0.843. The molecule has 13 nitrogen and oxygen atoms in total. The largest absolute Gasteiger partial charge is 0.416 e. The molecule has 258 valence electrons. The number of benzene rings is 1. The lowest BCUT2D eigenvalue weighted by molar-refractivity contribution is -0.138. The zero-order chi connectivity index (χ0) is 34.2. The SMILES string of the molecule is Cc1c(Cc2c(CN3CC4(C3)CS(=O)(=O)C4)nc3c(-c4cn(S(=O)(=O)N(C)C)cn4)cc(N4CCOCC4)nn23)cccc1C(F)(F)F. The molecule has 0 saturated carbocycles. The number of sulfone groups is 1. The monoisotopic (exact) mass is 708 g/mol. The first-order valence-corrected chi connectivity index (χ1v) is 18.6. The number of fused-ring (bicyclic) bond motifs is 1. The Hall–Kier alpha value is -3.58. The quantitative estimate of drug-likeness (QED) is 0.268. The van der Waals surface area contributed by atoms with Gasteiger partial charge < -0.3 is 9.64 Å². The molecule has 18 heteroatoms. The number of ether oxygens (including phenoxy) is 1. The molecular formula is C30H35F3N8O5S2. The van der Waals surface area contributed by atoms with Crippen molar-refractivity contribution in [2.75, 3.05) is 69.9 Å². The van der Waals surface area contributed by atoms with Crippen molar-refractivity contribution < 1.29 is 34.7 Å². The number of hydrogen-bond donors (Lipinski definition) is 0. The van der Waals surface area contributed by atoms with Crippen LogP contribution >= 0.6 is 0 Å². The summed E-state index contributed by atoms with van der Waals surface area (Å²) < 4.78 is 101. The van der Waals surface area contributed by atoms with Gasteiger partial charge in [0.1, 0.15) is 6.33 Å². The molecule has 0 bridgehead atoms. The fourth-order valence-electron chi connectivity index (χ4n) is 6.96. The number of hydrogen-bond acceptors (Lipinski definition) is 10. The smallest absolute Gasteiger partial charge is 0.378 e. The maximum Gasteiger partial charge on any atom is 0.416 e. The number of alkyl halides is 3. The van der Waals surface area contributed by atoms with Crippen LogP contribution in [0.4, 0.5) is 19.0 Å². The van der Waals surface area contributed by atoms with Gasteiger partial charge in [-0.3, -0.25) is 4.90 Å². The van der Waals surface area contributed by atoms with Crippen molar-refractivity contribution in [1.29, 1.82) is 0 Å². The summed E-state index contributed by atoms with van der Waals surface area (Å²) in [4.78, 5) is 13.5. The second kappa shape index (κ2) is 11.5. The van der Waals surface area contributed by atoms with Crippen molar-refractivity contribution in [3.8, 4) is 11.3 Å². The van der Waals surface area contributed by atoms with Crippen molar-refractivity contribution in [3.63, 3.8) is 0 Å². The average molecular weight is 709 g/mol.